The average Bonchev–Trinajstić information content (AvgIpc) is 2.34. The van der Waals surface area contributed by atoms with Gasteiger partial charge in [0.25, 0.3) is 0 Å². The molecule has 0 heterocycles. The summed E-state index contributed by atoms with van der Waals surface area (Å²) in [7, 11) is 1.65. The number of likely N-dealkylation sites (N-methyl/N-ethyl adjacent to an activating group) is 1. The highest BCUT2D eigenvalue weighted by Crippen LogP contribution is 2.12. The highest BCUT2D eigenvalue weighted by atomic mass is 16.5. The molecule has 0 bridgehead atoms. The molecule has 0 saturated heterocycles. The first-order valence-electron chi connectivity index (χ1n) is 5.61. The lowest BCUT2D eigenvalue weighted by atomic mass is 10.1. The average molecular weight is 221 g/mol. The van der Waals surface area contributed by atoms with Crippen LogP contribution in [0.5, 0.6) is 5.75 Å². The van der Waals surface area contributed by atoms with E-state index in [1.807, 2.05) is 31.2 Å². The largest absolute Gasteiger partial charge is 0.497 e. The number of carbonyl (C=O) groups is 1. The van der Waals surface area contributed by atoms with Crippen molar-refractivity contribution in [1.29, 1.82) is 0 Å². The second-order valence-corrected chi connectivity index (χ2v) is 3.67. The van der Waals surface area contributed by atoms with Gasteiger partial charge in [-0.25, -0.2) is 0 Å². The van der Waals surface area contributed by atoms with E-state index in [0.717, 1.165) is 18.7 Å². The summed E-state index contributed by atoms with van der Waals surface area (Å²) in [4.78, 5) is 11.4. The second kappa shape index (κ2) is 7.01. The first kappa shape index (κ1) is 12.7. The fraction of sp³-hybridized carbons (Fsp3) is 0.462. The lowest BCUT2D eigenvalue weighted by molar-refractivity contribution is -0.118. The fourth-order valence-corrected chi connectivity index (χ4v) is 1.43. The summed E-state index contributed by atoms with van der Waals surface area (Å²) < 4.78 is 5.07. The van der Waals surface area contributed by atoms with Crippen LogP contribution in [0.4, 0.5) is 0 Å². The molecule has 1 N–H and O–H groups in total. The van der Waals surface area contributed by atoms with Crippen molar-refractivity contribution < 1.29 is 9.53 Å². The third-order valence-corrected chi connectivity index (χ3v) is 2.42. The molecule has 1 aromatic rings. The van der Waals surface area contributed by atoms with E-state index in [2.05, 4.69) is 5.32 Å². The molecule has 1 aromatic carbocycles. The standard InChI is InChI=1S/C13H19NO2/c1-3-14-10-12(15)7-4-11-5-8-13(16-2)9-6-11/h5-6,8-9,14H,3-4,7,10H2,1-2H3. The van der Waals surface area contributed by atoms with E-state index < -0.39 is 0 Å². The Morgan fingerprint density at radius 1 is 1.31 bits per heavy atom. The highest BCUT2D eigenvalue weighted by molar-refractivity contribution is 5.80. The number of rotatable bonds is 7. The maximum atomic E-state index is 11.4. The van der Waals surface area contributed by atoms with Crippen LogP contribution in [0.15, 0.2) is 24.3 Å². The smallest absolute Gasteiger partial charge is 0.146 e. The molecule has 0 fully saturated rings. The predicted octanol–water partition coefficient (Wildman–Crippen LogP) is 1.81. The van der Waals surface area contributed by atoms with Gasteiger partial charge in [0.1, 0.15) is 11.5 Å². The lowest BCUT2D eigenvalue weighted by Crippen LogP contribution is -2.22. The van der Waals surface area contributed by atoms with Crippen LogP contribution in [0.2, 0.25) is 0 Å². The quantitative estimate of drug-likeness (QED) is 0.763. The molecular weight excluding hydrogens is 202 g/mol. The van der Waals surface area contributed by atoms with Gasteiger partial charge in [-0.2, -0.15) is 0 Å². The Bertz CT molecular complexity index is 319. The molecule has 16 heavy (non-hydrogen) atoms. The van der Waals surface area contributed by atoms with Gasteiger partial charge in [-0.15, -0.1) is 0 Å². The molecule has 88 valence electrons. The number of nitrogens with one attached hydrogen (secondary N) is 1. The van der Waals surface area contributed by atoms with Crippen molar-refractivity contribution in [2.24, 2.45) is 0 Å². The molecule has 0 aliphatic rings. The highest BCUT2D eigenvalue weighted by Gasteiger charge is 2.01. The van der Waals surface area contributed by atoms with Gasteiger partial charge in [-0.3, -0.25) is 4.79 Å². The van der Waals surface area contributed by atoms with Gasteiger partial charge in [0, 0.05) is 6.42 Å². The number of ether oxygens (including phenoxy) is 1. The molecular formula is C13H19NO2. The summed E-state index contributed by atoms with van der Waals surface area (Å²) in [5, 5.41) is 3.03. The molecule has 0 amide bonds. The monoisotopic (exact) mass is 221 g/mol. The van der Waals surface area contributed by atoms with Crippen molar-refractivity contribution in [3.8, 4) is 5.75 Å². The lowest BCUT2D eigenvalue weighted by Gasteiger charge is -2.03. The first-order valence-corrected chi connectivity index (χ1v) is 5.61. The Morgan fingerprint density at radius 2 is 2.00 bits per heavy atom. The van der Waals surface area contributed by atoms with Crippen LogP contribution in [0.25, 0.3) is 0 Å². The molecule has 0 spiro atoms. The molecule has 0 aliphatic heterocycles. The van der Waals surface area contributed by atoms with Crippen molar-refractivity contribution >= 4 is 5.78 Å². The van der Waals surface area contributed by atoms with Crippen molar-refractivity contribution in [2.45, 2.75) is 19.8 Å². The molecule has 0 unspecified atom stereocenters. The SMILES string of the molecule is CCNCC(=O)CCc1ccc(OC)cc1. The van der Waals surface area contributed by atoms with Gasteiger partial charge in [-0.1, -0.05) is 19.1 Å². The van der Waals surface area contributed by atoms with Gasteiger partial charge in [0.15, 0.2) is 0 Å². The maximum Gasteiger partial charge on any atom is 0.146 e. The van der Waals surface area contributed by atoms with Gasteiger partial charge in [-0.05, 0) is 30.7 Å². The van der Waals surface area contributed by atoms with Crippen LogP contribution in [-0.4, -0.2) is 26.0 Å². The summed E-state index contributed by atoms with van der Waals surface area (Å²) in [5.41, 5.74) is 1.17. The fourth-order valence-electron chi connectivity index (χ4n) is 1.43. The van der Waals surface area contributed by atoms with Crippen molar-refractivity contribution in [1.82, 2.24) is 5.32 Å². The number of carbonyl (C=O) groups excluding carboxylic acids is 1. The first-order chi connectivity index (χ1) is 7.76. The van der Waals surface area contributed by atoms with E-state index >= 15 is 0 Å². The Labute approximate surface area is 96.8 Å². The zero-order valence-corrected chi connectivity index (χ0v) is 9.95. The zero-order chi connectivity index (χ0) is 11.8. The minimum atomic E-state index is 0.262. The number of Topliss-reactive ketones (excluding diaryl/α,β-unsaturated/α-hetero) is 1. The van der Waals surface area contributed by atoms with E-state index in [0.29, 0.717) is 13.0 Å². The van der Waals surface area contributed by atoms with Crippen molar-refractivity contribution in [2.75, 3.05) is 20.2 Å². The Hall–Kier alpha value is -1.35. The Kier molecular flexibility index (Phi) is 5.57. The van der Waals surface area contributed by atoms with Crippen molar-refractivity contribution in [3.63, 3.8) is 0 Å². The maximum absolute atomic E-state index is 11.4. The normalized spacial score (nSPS) is 10.1. The van der Waals surface area contributed by atoms with E-state index in [1.54, 1.807) is 7.11 Å². The Balaban J connectivity index is 2.33. The molecule has 3 heteroatoms. The summed E-state index contributed by atoms with van der Waals surface area (Å²) >= 11 is 0. The Morgan fingerprint density at radius 3 is 2.56 bits per heavy atom. The number of hydrogen-bond acceptors (Lipinski definition) is 3. The third kappa shape index (κ3) is 4.45. The molecule has 0 saturated carbocycles. The van der Waals surface area contributed by atoms with Crippen LogP contribution >= 0.6 is 0 Å². The summed E-state index contributed by atoms with van der Waals surface area (Å²) in [5.74, 6) is 1.11. The van der Waals surface area contributed by atoms with E-state index in [-0.39, 0.29) is 5.78 Å². The van der Waals surface area contributed by atoms with Crippen LogP contribution < -0.4 is 10.1 Å². The van der Waals surface area contributed by atoms with Crippen LogP contribution in [-0.2, 0) is 11.2 Å². The number of ketones is 1. The molecule has 0 aromatic heterocycles. The van der Waals surface area contributed by atoms with E-state index in [4.69, 9.17) is 4.74 Å². The summed E-state index contributed by atoms with van der Waals surface area (Å²) in [6.07, 6.45) is 1.40. The third-order valence-electron chi connectivity index (χ3n) is 2.42. The van der Waals surface area contributed by atoms with Crippen LogP contribution in [0.3, 0.4) is 0 Å². The number of hydrogen-bond donors (Lipinski definition) is 1. The minimum absolute atomic E-state index is 0.262. The minimum Gasteiger partial charge on any atom is -0.497 e. The van der Waals surface area contributed by atoms with Gasteiger partial charge in [0.05, 0.1) is 13.7 Å². The van der Waals surface area contributed by atoms with Gasteiger partial charge >= 0.3 is 0 Å². The number of benzene rings is 1. The number of aryl methyl sites for hydroxylation is 1. The summed E-state index contributed by atoms with van der Waals surface area (Å²) in [6.45, 7) is 3.32. The van der Waals surface area contributed by atoms with Crippen LogP contribution in [0.1, 0.15) is 18.9 Å². The molecule has 1 rings (SSSR count). The molecule has 3 nitrogen and oxygen atoms in total. The number of methoxy groups -OCH3 is 1. The molecule has 0 radical (unpaired) electrons. The molecule has 0 atom stereocenters. The van der Waals surface area contributed by atoms with Crippen molar-refractivity contribution in [3.05, 3.63) is 29.8 Å². The van der Waals surface area contributed by atoms with E-state index in [9.17, 15) is 4.79 Å². The molecule has 0 aliphatic carbocycles. The predicted molar refractivity (Wildman–Crippen MR) is 64.9 cm³/mol. The van der Waals surface area contributed by atoms with Crippen LogP contribution in [0, 0.1) is 0 Å². The topological polar surface area (TPSA) is 38.3 Å². The zero-order valence-electron chi connectivity index (χ0n) is 9.95. The van der Waals surface area contributed by atoms with Gasteiger partial charge in [0.2, 0.25) is 0 Å². The van der Waals surface area contributed by atoms with E-state index in [1.165, 1.54) is 5.56 Å². The van der Waals surface area contributed by atoms with Gasteiger partial charge < -0.3 is 10.1 Å². The summed E-state index contributed by atoms with van der Waals surface area (Å²) in [6, 6.07) is 7.84. The second-order valence-electron chi connectivity index (χ2n) is 3.67.